The van der Waals surface area contributed by atoms with Gasteiger partial charge in [-0.05, 0) is 48.8 Å². The van der Waals surface area contributed by atoms with Crippen molar-refractivity contribution in [2.24, 2.45) is 10.4 Å². The Labute approximate surface area is 162 Å². The summed E-state index contributed by atoms with van der Waals surface area (Å²) in [6.07, 6.45) is 6.55. The Morgan fingerprint density at radius 1 is 1.22 bits per heavy atom. The monoisotopic (exact) mass is 372 g/mol. The van der Waals surface area contributed by atoms with Gasteiger partial charge in [-0.2, -0.15) is 0 Å². The molecule has 2 N–H and O–H groups in total. The number of benzene rings is 1. The first-order valence-electron chi connectivity index (χ1n) is 9.99. The van der Waals surface area contributed by atoms with Crippen LogP contribution in [0.1, 0.15) is 44.1 Å². The average molecular weight is 373 g/mol. The van der Waals surface area contributed by atoms with Crippen molar-refractivity contribution in [3.05, 3.63) is 29.8 Å². The van der Waals surface area contributed by atoms with Gasteiger partial charge in [-0.1, -0.05) is 18.6 Å². The zero-order chi connectivity index (χ0) is 19.1. The van der Waals surface area contributed by atoms with Crippen LogP contribution in [0.4, 0.5) is 5.69 Å². The van der Waals surface area contributed by atoms with Crippen molar-refractivity contribution >= 4 is 17.6 Å². The summed E-state index contributed by atoms with van der Waals surface area (Å²) >= 11 is 0. The van der Waals surface area contributed by atoms with Gasteiger partial charge in [0.1, 0.15) is 0 Å². The van der Waals surface area contributed by atoms with Crippen molar-refractivity contribution < 1.29 is 9.53 Å². The number of anilines is 1. The molecule has 27 heavy (non-hydrogen) atoms. The van der Waals surface area contributed by atoms with Crippen LogP contribution in [0.15, 0.2) is 29.3 Å². The molecule has 0 unspecified atom stereocenters. The van der Waals surface area contributed by atoms with E-state index in [2.05, 4.69) is 27.8 Å². The zero-order valence-electron chi connectivity index (χ0n) is 16.6. The van der Waals surface area contributed by atoms with Crippen LogP contribution in [0, 0.1) is 5.41 Å². The van der Waals surface area contributed by atoms with E-state index in [-0.39, 0.29) is 5.91 Å². The molecular weight excluding hydrogens is 340 g/mol. The molecule has 3 rings (SSSR count). The van der Waals surface area contributed by atoms with E-state index in [1.165, 1.54) is 24.8 Å². The second-order valence-electron chi connectivity index (χ2n) is 7.69. The van der Waals surface area contributed by atoms with Gasteiger partial charge in [-0.15, -0.1) is 0 Å². The highest BCUT2D eigenvalue weighted by Gasteiger charge is 2.36. The molecular formula is C21H32N4O2. The van der Waals surface area contributed by atoms with Crippen LogP contribution in [-0.2, 0) is 16.1 Å². The lowest BCUT2D eigenvalue weighted by Gasteiger charge is -2.42. The number of hydrogen-bond acceptors (Lipinski definition) is 3. The molecule has 1 aliphatic carbocycles. The SMILES string of the molecule is CN=C(NCc1ccc(N2CCCC2=O)cc1)NCC1(CCOC)CCC1. The predicted molar refractivity (Wildman–Crippen MR) is 109 cm³/mol. The van der Waals surface area contributed by atoms with Crippen molar-refractivity contribution in [2.45, 2.75) is 45.1 Å². The van der Waals surface area contributed by atoms with Gasteiger partial charge in [-0.3, -0.25) is 9.79 Å². The summed E-state index contributed by atoms with van der Waals surface area (Å²) in [5, 5.41) is 6.87. The number of carbonyl (C=O) groups excluding carboxylic acids is 1. The fraction of sp³-hybridized carbons (Fsp3) is 0.619. The summed E-state index contributed by atoms with van der Waals surface area (Å²) < 4.78 is 5.27. The fourth-order valence-electron chi connectivity index (χ4n) is 3.90. The van der Waals surface area contributed by atoms with Gasteiger partial charge in [0.25, 0.3) is 0 Å². The van der Waals surface area contributed by atoms with Gasteiger partial charge < -0.3 is 20.3 Å². The Bertz CT molecular complexity index is 653. The molecule has 1 aromatic carbocycles. The van der Waals surface area contributed by atoms with Crippen LogP contribution in [0.5, 0.6) is 0 Å². The van der Waals surface area contributed by atoms with Crippen molar-refractivity contribution in [3.8, 4) is 0 Å². The molecule has 1 saturated heterocycles. The van der Waals surface area contributed by atoms with Crippen LogP contribution in [0.3, 0.4) is 0 Å². The molecule has 0 atom stereocenters. The van der Waals surface area contributed by atoms with Crippen molar-refractivity contribution in [1.29, 1.82) is 0 Å². The largest absolute Gasteiger partial charge is 0.385 e. The van der Waals surface area contributed by atoms with Crippen LogP contribution in [-0.4, -0.2) is 45.7 Å². The second kappa shape index (κ2) is 9.22. The Morgan fingerprint density at radius 3 is 2.56 bits per heavy atom. The smallest absolute Gasteiger partial charge is 0.227 e. The maximum atomic E-state index is 11.8. The number of methoxy groups -OCH3 is 1. The van der Waals surface area contributed by atoms with Gasteiger partial charge in [0.2, 0.25) is 5.91 Å². The number of aliphatic imine (C=N–C) groups is 1. The second-order valence-corrected chi connectivity index (χ2v) is 7.69. The Kier molecular flexibility index (Phi) is 6.72. The molecule has 6 heteroatoms. The summed E-state index contributed by atoms with van der Waals surface area (Å²) in [4.78, 5) is 18.1. The zero-order valence-corrected chi connectivity index (χ0v) is 16.6. The van der Waals surface area contributed by atoms with Gasteiger partial charge in [0.05, 0.1) is 0 Å². The molecule has 0 spiro atoms. The average Bonchev–Trinajstić information content (AvgIpc) is 3.09. The molecule has 2 fully saturated rings. The molecule has 1 aliphatic heterocycles. The minimum absolute atomic E-state index is 0.226. The van der Waals surface area contributed by atoms with E-state index in [9.17, 15) is 4.79 Å². The van der Waals surface area contributed by atoms with E-state index in [1.807, 2.05) is 17.0 Å². The predicted octanol–water partition coefficient (Wildman–Crippen LogP) is 2.69. The highest BCUT2D eigenvalue weighted by Crippen LogP contribution is 2.43. The molecule has 148 valence electrons. The highest BCUT2D eigenvalue weighted by molar-refractivity contribution is 5.95. The molecule has 6 nitrogen and oxygen atoms in total. The third kappa shape index (κ3) is 5.01. The van der Waals surface area contributed by atoms with E-state index in [4.69, 9.17) is 4.74 Å². The number of rotatable bonds is 8. The third-order valence-corrected chi connectivity index (χ3v) is 5.89. The number of nitrogens with zero attached hydrogens (tertiary/aromatic N) is 2. The Balaban J connectivity index is 1.47. The number of nitrogens with one attached hydrogen (secondary N) is 2. The Morgan fingerprint density at radius 2 is 2.00 bits per heavy atom. The van der Waals surface area contributed by atoms with Crippen molar-refractivity contribution in [1.82, 2.24) is 10.6 Å². The highest BCUT2D eigenvalue weighted by atomic mass is 16.5. The minimum Gasteiger partial charge on any atom is -0.385 e. The van der Waals surface area contributed by atoms with Gasteiger partial charge in [0.15, 0.2) is 5.96 Å². The normalized spacial score (nSPS) is 19.1. The lowest BCUT2D eigenvalue weighted by Crippen LogP contribution is -2.46. The topological polar surface area (TPSA) is 66.0 Å². The number of ether oxygens (including phenoxy) is 1. The lowest BCUT2D eigenvalue weighted by molar-refractivity contribution is -0.117. The summed E-state index contributed by atoms with van der Waals surface area (Å²) in [6.45, 7) is 3.29. The van der Waals surface area contributed by atoms with Crippen LogP contribution >= 0.6 is 0 Å². The first-order chi connectivity index (χ1) is 13.2. The minimum atomic E-state index is 0.226. The molecule has 1 saturated carbocycles. The third-order valence-electron chi connectivity index (χ3n) is 5.89. The molecule has 0 radical (unpaired) electrons. The van der Waals surface area contributed by atoms with Gasteiger partial charge in [0, 0.05) is 52.5 Å². The molecule has 1 aromatic rings. The quantitative estimate of drug-likeness (QED) is 0.544. The Hall–Kier alpha value is -2.08. The first kappa shape index (κ1) is 19.7. The number of amides is 1. The molecule has 0 aromatic heterocycles. The standard InChI is InChI=1S/C21H32N4O2/c1-22-20(24-16-21(10-4-11-21)12-14-27-2)23-15-17-6-8-18(9-7-17)25-13-3-5-19(25)26/h6-9H,3-5,10-16H2,1-2H3,(H2,22,23,24). The van der Waals surface area contributed by atoms with E-state index in [1.54, 1.807) is 14.2 Å². The van der Waals surface area contributed by atoms with Crippen molar-refractivity contribution in [3.63, 3.8) is 0 Å². The summed E-state index contributed by atoms with van der Waals surface area (Å²) in [5.74, 6) is 1.06. The maximum absolute atomic E-state index is 11.8. The molecule has 2 aliphatic rings. The summed E-state index contributed by atoms with van der Waals surface area (Å²) in [7, 11) is 3.57. The summed E-state index contributed by atoms with van der Waals surface area (Å²) in [5.41, 5.74) is 2.53. The van der Waals surface area contributed by atoms with Crippen LogP contribution in [0.2, 0.25) is 0 Å². The van der Waals surface area contributed by atoms with E-state index < -0.39 is 0 Å². The van der Waals surface area contributed by atoms with Crippen LogP contribution < -0.4 is 15.5 Å². The number of hydrogen-bond donors (Lipinski definition) is 2. The fourth-order valence-corrected chi connectivity index (χ4v) is 3.90. The van der Waals surface area contributed by atoms with Gasteiger partial charge >= 0.3 is 0 Å². The molecule has 0 bridgehead atoms. The van der Waals surface area contributed by atoms with E-state index in [0.717, 1.165) is 44.2 Å². The first-order valence-corrected chi connectivity index (χ1v) is 9.99. The lowest BCUT2D eigenvalue weighted by atomic mass is 9.67. The maximum Gasteiger partial charge on any atom is 0.227 e. The van der Waals surface area contributed by atoms with Gasteiger partial charge in [-0.25, -0.2) is 0 Å². The van der Waals surface area contributed by atoms with Crippen LogP contribution in [0.25, 0.3) is 0 Å². The molecule has 1 heterocycles. The number of guanidine groups is 1. The molecule has 1 amide bonds. The van der Waals surface area contributed by atoms with Crippen molar-refractivity contribution in [2.75, 3.05) is 38.8 Å². The van der Waals surface area contributed by atoms with E-state index >= 15 is 0 Å². The van der Waals surface area contributed by atoms with E-state index in [0.29, 0.717) is 18.4 Å². The summed E-state index contributed by atoms with van der Waals surface area (Å²) in [6, 6.07) is 8.22. The number of carbonyl (C=O) groups is 1.